The van der Waals surface area contributed by atoms with Gasteiger partial charge in [0.15, 0.2) is 0 Å². The quantitative estimate of drug-likeness (QED) is 0.694. The average molecular weight is 247 g/mol. The predicted molar refractivity (Wildman–Crippen MR) is 69.9 cm³/mol. The molecule has 0 bridgehead atoms. The van der Waals surface area contributed by atoms with Crippen LogP contribution in [-0.2, 0) is 7.05 Å². The van der Waals surface area contributed by atoms with Gasteiger partial charge in [-0.1, -0.05) is 23.7 Å². The van der Waals surface area contributed by atoms with Crippen LogP contribution in [0.25, 0.3) is 22.2 Å². The number of hydrogen-bond acceptors (Lipinski definition) is 2. The van der Waals surface area contributed by atoms with Crippen LogP contribution in [0.15, 0.2) is 30.5 Å². The Hall–Kier alpha value is -1.94. The fourth-order valence-corrected chi connectivity index (χ4v) is 2.23. The minimum absolute atomic E-state index is 0.628. The summed E-state index contributed by atoms with van der Waals surface area (Å²) in [6.45, 7) is 0. The molecular formula is C12H11ClN4. The molecule has 3 rings (SSSR count). The highest BCUT2D eigenvalue weighted by Gasteiger charge is 2.11. The first-order valence-electron chi connectivity index (χ1n) is 5.22. The lowest BCUT2D eigenvalue weighted by Gasteiger charge is -1.99. The molecule has 3 aromatic rings. The molecule has 5 heteroatoms. The lowest BCUT2D eigenvalue weighted by molar-refractivity contribution is 0.782. The molecule has 0 radical (unpaired) electrons. The standard InChI is InChI=1S/C12H11ClN4/c1-17-11(14)5-10(16-17)7-3-2-4-9-12(7)8(13)6-15-9/h2-6,15H,14H2,1H3. The van der Waals surface area contributed by atoms with Crippen molar-refractivity contribution in [1.29, 1.82) is 0 Å². The summed E-state index contributed by atoms with van der Waals surface area (Å²) in [5.41, 5.74) is 8.61. The Morgan fingerprint density at radius 3 is 2.94 bits per heavy atom. The molecular weight excluding hydrogens is 236 g/mol. The fourth-order valence-electron chi connectivity index (χ4n) is 1.97. The van der Waals surface area contributed by atoms with Gasteiger partial charge in [0, 0.05) is 35.8 Å². The zero-order chi connectivity index (χ0) is 12.0. The van der Waals surface area contributed by atoms with Crippen molar-refractivity contribution in [3.63, 3.8) is 0 Å². The minimum Gasteiger partial charge on any atom is -0.384 e. The highest BCUT2D eigenvalue weighted by atomic mass is 35.5. The molecule has 3 N–H and O–H groups in total. The molecule has 0 atom stereocenters. The van der Waals surface area contributed by atoms with E-state index in [1.165, 1.54) is 0 Å². The molecule has 0 saturated heterocycles. The number of nitrogens with two attached hydrogens (primary N) is 1. The highest BCUT2D eigenvalue weighted by molar-refractivity contribution is 6.36. The first kappa shape index (κ1) is 10.2. The van der Waals surface area contributed by atoms with Gasteiger partial charge in [-0.25, -0.2) is 0 Å². The zero-order valence-electron chi connectivity index (χ0n) is 9.24. The lowest BCUT2D eigenvalue weighted by Crippen LogP contribution is -1.96. The molecule has 2 heterocycles. The molecule has 4 nitrogen and oxygen atoms in total. The number of aromatic nitrogens is 3. The molecule has 1 aromatic carbocycles. The number of nitrogens with one attached hydrogen (secondary N) is 1. The number of H-pyrrole nitrogens is 1. The van der Waals surface area contributed by atoms with E-state index in [2.05, 4.69) is 10.1 Å². The predicted octanol–water partition coefficient (Wildman–Crippen LogP) is 2.80. The maximum absolute atomic E-state index is 6.18. The van der Waals surface area contributed by atoms with Crippen LogP contribution in [0.2, 0.25) is 5.02 Å². The molecule has 0 amide bonds. The third-order valence-corrected chi connectivity index (χ3v) is 3.15. The van der Waals surface area contributed by atoms with E-state index >= 15 is 0 Å². The first-order valence-corrected chi connectivity index (χ1v) is 5.60. The van der Waals surface area contributed by atoms with Crippen LogP contribution in [0, 0.1) is 0 Å². The third kappa shape index (κ3) is 1.49. The Balaban J connectivity index is 2.33. The molecule has 0 saturated carbocycles. The van der Waals surface area contributed by atoms with E-state index in [9.17, 15) is 0 Å². The molecule has 0 fully saturated rings. The van der Waals surface area contributed by atoms with Gasteiger partial charge < -0.3 is 10.7 Å². The molecule has 0 unspecified atom stereocenters. The van der Waals surface area contributed by atoms with Crippen molar-refractivity contribution in [3.05, 3.63) is 35.5 Å². The number of benzene rings is 1. The summed E-state index contributed by atoms with van der Waals surface area (Å²) in [4.78, 5) is 3.12. The molecule has 0 aliphatic carbocycles. The number of aromatic amines is 1. The monoisotopic (exact) mass is 246 g/mol. The number of anilines is 1. The zero-order valence-corrected chi connectivity index (χ0v) is 9.99. The fraction of sp³-hybridized carbons (Fsp3) is 0.0833. The van der Waals surface area contributed by atoms with E-state index in [1.807, 2.05) is 31.3 Å². The van der Waals surface area contributed by atoms with Crippen LogP contribution in [-0.4, -0.2) is 14.8 Å². The van der Waals surface area contributed by atoms with Gasteiger partial charge in [-0.05, 0) is 6.07 Å². The Morgan fingerprint density at radius 2 is 2.24 bits per heavy atom. The topological polar surface area (TPSA) is 59.6 Å². The van der Waals surface area contributed by atoms with E-state index in [4.69, 9.17) is 17.3 Å². The van der Waals surface area contributed by atoms with Gasteiger partial charge in [-0.3, -0.25) is 4.68 Å². The molecule has 17 heavy (non-hydrogen) atoms. The van der Waals surface area contributed by atoms with E-state index < -0.39 is 0 Å². The maximum atomic E-state index is 6.18. The second-order valence-corrected chi connectivity index (χ2v) is 4.35. The lowest BCUT2D eigenvalue weighted by atomic mass is 10.1. The Morgan fingerprint density at radius 1 is 1.41 bits per heavy atom. The number of halogens is 1. The van der Waals surface area contributed by atoms with Crippen molar-refractivity contribution in [2.75, 3.05) is 5.73 Å². The molecule has 2 aromatic heterocycles. The summed E-state index contributed by atoms with van der Waals surface area (Å²) >= 11 is 6.18. The van der Waals surface area contributed by atoms with Crippen LogP contribution in [0.3, 0.4) is 0 Å². The summed E-state index contributed by atoms with van der Waals surface area (Å²) in [5.74, 6) is 0.628. The van der Waals surface area contributed by atoms with Gasteiger partial charge in [-0.2, -0.15) is 5.10 Å². The van der Waals surface area contributed by atoms with Crippen LogP contribution >= 0.6 is 11.6 Å². The van der Waals surface area contributed by atoms with Gasteiger partial charge >= 0.3 is 0 Å². The summed E-state index contributed by atoms with van der Waals surface area (Å²) in [7, 11) is 1.82. The highest BCUT2D eigenvalue weighted by Crippen LogP contribution is 2.33. The van der Waals surface area contributed by atoms with Crippen LogP contribution in [0.1, 0.15) is 0 Å². The Kier molecular flexibility index (Phi) is 2.12. The molecule has 0 aliphatic heterocycles. The van der Waals surface area contributed by atoms with Gasteiger partial charge in [0.1, 0.15) is 5.82 Å². The van der Waals surface area contributed by atoms with Crippen molar-refractivity contribution in [2.45, 2.75) is 0 Å². The number of hydrogen-bond donors (Lipinski definition) is 2. The largest absolute Gasteiger partial charge is 0.384 e. The van der Waals surface area contributed by atoms with Crippen LogP contribution < -0.4 is 5.73 Å². The van der Waals surface area contributed by atoms with E-state index in [1.54, 1.807) is 10.9 Å². The van der Waals surface area contributed by atoms with Crippen molar-refractivity contribution in [1.82, 2.24) is 14.8 Å². The normalized spacial score (nSPS) is 11.2. The molecule has 86 valence electrons. The van der Waals surface area contributed by atoms with E-state index in [0.717, 1.165) is 22.2 Å². The number of rotatable bonds is 1. The Labute approximate surface area is 103 Å². The summed E-state index contributed by atoms with van der Waals surface area (Å²) in [6, 6.07) is 7.79. The average Bonchev–Trinajstić information content (AvgIpc) is 2.84. The first-order chi connectivity index (χ1) is 8.16. The summed E-state index contributed by atoms with van der Waals surface area (Å²) < 4.78 is 1.65. The number of nitrogens with zero attached hydrogens (tertiary/aromatic N) is 2. The number of fused-ring (bicyclic) bond motifs is 1. The maximum Gasteiger partial charge on any atom is 0.121 e. The molecule has 0 aliphatic rings. The van der Waals surface area contributed by atoms with Crippen LogP contribution in [0.5, 0.6) is 0 Å². The van der Waals surface area contributed by atoms with E-state index in [0.29, 0.717) is 10.8 Å². The summed E-state index contributed by atoms with van der Waals surface area (Å²) in [6.07, 6.45) is 1.78. The SMILES string of the molecule is Cn1nc(-c2cccc3[nH]cc(Cl)c23)cc1N. The number of aryl methyl sites for hydroxylation is 1. The van der Waals surface area contributed by atoms with Crippen molar-refractivity contribution in [3.8, 4) is 11.3 Å². The van der Waals surface area contributed by atoms with Gasteiger partial charge in [0.25, 0.3) is 0 Å². The third-order valence-electron chi connectivity index (χ3n) is 2.85. The van der Waals surface area contributed by atoms with Crippen molar-refractivity contribution >= 4 is 28.3 Å². The second kappa shape index (κ2) is 3.53. The van der Waals surface area contributed by atoms with Gasteiger partial charge in [0.2, 0.25) is 0 Å². The van der Waals surface area contributed by atoms with Crippen LogP contribution in [0.4, 0.5) is 5.82 Å². The van der Waals surface area contributed by atoms with Crippen molar-refractivity contribution in [2.24, 2.45) is 7.05 Å². The smallest absolute Gasteiger partial charge is 0.121 e. The van der Waals surface area contributed by atoms with E-state index in [-0.39, 0.29) is 0 Å². The second-order valence-electron chi connectivity index (χ2n) is 3.94. The summed E-state index contributed by atoms with van der Waals surface area (Å²) in [5, 5.41) is 6.04. The molecule has 0 spiro atoms. The minimum atomic E-state index is 0.628. The van der Waals surface area contributed by atoms with Crippen molar-refractivity contribution < 1.29 is 0 Å². The van der Waals surface area contributed by atoms with Gasteiger partial charge in [-0.15, -0.1) is 0 Å². The Bertz CT molecular complexity index is 676. The number of nitrogen functional groups attached to an aromatic ring is 1. The van der Waals surface area contributed by atoms with Gasteiger partial charge in [0.05, 0.1) is 10.7 Å².